The Hall–Kier alpha value is -3.69. The van der Waals surface area contributed by atoms with Crippen LogP contribution in [0.3, 0.4) is 0 Å². The lowest BCUT2D eigenvalue weighted by molar-refractivity contribution is -0.154. The Labute approximate surface area is 219 Å². The average Bonchev–Trinajstić information content (AvgIpc) is 2.84. The van der Waals surface area contributed by atoms with E-state index in [1.165, 1.54) is 0 Å². The van der Waals surface area contributed by atoms with Gasteiger partial charge in [-0.3, -0.25) is 4.90 Å². The van der Waals surface area contributed by atoms with E-state index >= 15 is 0 Å². The van der Waals surface area contributed by atoms with Crippen LogP contribution in [0.2, 0.25) is 0 Å². The normalized spacial score (nSPS) is 16.1. The van der Waals surface area contributed by atoms with E-state index in [-0.39, 0.29) is 23.2 Å². The van der Waals surface area contributed by atoms with Gasteiger partial charge in [0, 0.05) is 30.8 Å². The summed E-state index contributed by atoms with van der Waals surface area (Å²) in [5, 5.41) is 20.6. The number of ether oxygens (including phenoxy) is 2. The fraction of sp³-hybridized carbons (Fsp3) is 0.522. The third-order valence-corrected chi connectivity index (χ3v) is 5.02. The number of aliphatic carboxylic acids is 2. The predicted molar refractivity (Wildman–Crippen MR) is 126 cm³/mol. The van der Waals surface area contributed by atoms with Gasteiger partial charge in [-0.2, -0.15) is 26.3 Å². The zero-order valence-corrected chi connectivity index (χ0v) is 20.8. The molecule has 1 heterocycles. The predicted octanol–water partition coefficient (Wildman–Crippen LogP) is 4.28. The number of urea groups is 1. The number of hydrogen-bond acceptors (Lipinski definition) is 6. The standard InChI is InChI=1S/C19H25F6N3O3.C4H4O4/c1-2-28-8-4-3-5-13(28)10-26-17(29)27-15-9-14(30-11-18(20,21)22)6-7-16(15)31-12-19(23,24)25;5-3(6)1-2-4(7)8/h6-7,9,13H,2-5,8,10-12H2,1H3,(H2,26,27,29);1-2H,(H,5,6)(H,7,8)/b;2-1+. The van der Waals surface area contributed by atoms with E-state index in [1.54, 1.807) is 0 Å². The maximum Gasteiger partial charge on any atom is 0.422 e. The Balaban J connectivity index is 0.000000824. The largest absolute Gasteiger partial charge is 0.484 e. The maximum absolute atomic E-state index is 12.5. The Morgan fingerprint density at radius 2 is 1.59 bits per heavy atom. The van der Waals surface area contributed by atoms with Gasteiger partial charge in [-0.15, -0.1) is 0 Å². The number of rotatable bonds is 10. The van der Waals surface area contributed by atoms with Crippen molar-refractivity contribution in [1.29, 1.82) is 0 Å². The van der Waals surface area contributed by atoms with Gasteiger partial charge in [0.15, 0.2) is 13.2 Å². The number of carbonyl (C=O) groups is 3. The first-order valence-corrected chi connectivity index (χ1v) is 11.6. The summed E-state index contributed by atoms with van der Waals surface area (Å²) in [5.41, 5.74) is -0.239. The second kappa shape index (κ2) is 15.7. The van der Waals surface area contributed by atoms with Crippen molar-refractivity contribution < 1.29 is 60.4 Å². The topological polar surface area (TPSA) is 137 Å². The number of anilines is 1. The molecule has 1 atom stereocenters. The van der Waals surface area contributed by atoms with Gasteiger partial charge in [-0.1, -0.05) is 13.3 Å². The minimum Gasteiger partial charge on any atom is -0.484 e. The molecule has 1 fully saturated rings. The summed E-state index contributed by atoms with van der Waals surface area (Å²) < 4.78 is 83.8. The molecule has 220 valence electrons. The quantitative estimate of drug-likeness (QED) is 0.241. The molecule has 0 radical (unpaired) electrons. The third kappa shape index (κ3) is 15.3. The molecule has 0 aromatic heterocycles. The highest BCUT2D eigenvalue weighted by Crippen LogP contribution is 2.31. The molecule has 0 saturated carbocycles. The summed E-state index contributed by atoms with van der Waals surface area (Å²) in [6.45, 7) is 0.855. The van der Waals surface area contributed by atoms with E-state index in [2.05, 4.69) is 25.0 Å². The molecule has 2 amide bonds. The number of alkyl halides is 6. The van der Waals surface area contributed by atoms with Crippen molar-refractivity contribution in [3.8, 4) is 11.5 Å². The summed E-state index contributed by atoms with van der Waals surface area (Å²) in [6, 6.07) is 2.43. The van der Waals surface area contributed by atoms with Crippen LogP contribution in [0, 0.1) is 0 Å². The Morgan fingerprint density at radius 1 is 1.00 bits per heavy atom. The Bertz CT molecular complexity index is 970. The summed E-state index contributed by atoms with van der Waals surface area (Å²) >= 11 is 0. The van der Waals surface area contributed by atoms with Gasteiger partial charge >= 0.3 is 30.3 Å². The molecule has 16 heteroatoms. The minimum atomic E-state index is -4.63. The number of carbonyl (C=O) groups excluding carboxylic acids is 1. The lowest BCUT2D eigenvalue weighted by Gasteiger charge is -2.34. The fourth-order valence-electron chi connectivity index (χ4n) is 3.37. The number of benzene rings is 1. The molecule has 0 bridgehead atoms. The van der Waals surface area contributed by atoms with E-state index in [4.69, 9.17) is 10.2 Å². The number of hydrogen-bond donors (Lipinski definition) is 4. The number of likely N-dealkylation sites (N-methyl/N-ethyl adjacent to an activating group) is 1. The first-order valence-electron chi connectivity index (χ1n) is 11.6. The molecular formula is C23H29F6N3O7. The molecule has 1 aromatic carbocycles. The van der Waals surface area contributed by atoms with Crippen LogP contribution in [0.5, 0.6) is 11.5 Å². The molecule has 2 rings (SSSR count). The molecular weight excluding hydrogens is 544 g/mol. The van der Waals surface area contributed by atoms with E-state index < -0.39 is 43.5 Å². The molecule has 39 heavy (non-hydrogen) atoms. The fourth-order valence-corrected chi connectivity index (χ4v) is 3.37. The van der Waals surface area contributed by atoms with Crippen LogP contribution in [-0.4, -0.2) is 84.3 Å². The Morgan fingerprint density at radius 3 is 2.13 bits per heavy atom. The van der Waals surface area contributed by atoms with E-state index in [1.807, 2.05) is 6.92 Å². The zero-order chi connectivity index (χ0) is 29.6. The number of carboxylic acids is 2. The number of nitrogens with one attached hydrogen (secondary N) is 2. The van der Waals surface area contributed by atoms with Crippen LogP contribution in [0.1, 0.15) is 26.2 Å². The van der Waals surface area contributed by atoms with E-state index in [0.29, 0.717) is 18.7 Å². The van der Waals surface area contributed by atoms with E-state index in [9.17, 15) is 40.7 Å². The van der Waals surface area contributed by atoms with Crippen molar-refractivity contribution in [2.24, 2.45) is 0 Å². The molecule has 4 N–H and O–H groups in total. The lowest BCUT2D eigenvalue weighted by Crippen LogP contribution is -2.47. The molecule has 1 aromatic rings. The molecule has 1 unspecified atom stereocenters. The van der Waals surface area contributed by atoms with Crippen molar-refractivity contribution in [1.82, 2.24) is 10.2 Å². The van der Waals surface area contributed by atoms with Gasteiger partial charge < -0.3 is 30.3 Å². The summed E-state index contributed by atoms with van der Waals surface area (Å²) in [4.78, 5) is 33.6. The van der Waals surface area contributed by atoms with Crippen molar-refractivity contribution >= 4 is 23.7 Å². The van der Waals surface area contributed by atoms with Crippen LogP contribution in [-0.2, 0) is 9.59 Å². The van der Waals surface area contributed by atoms with E-state index in [0.717, 1.165) is 50.6 Å². The first kappa shape index (κ1) is 33.3. The highest BCUT2D eigenvalue weighted by Gasteiger charge is 2.30. The van der Waals surface area contributed by atoms with Gasteiger partial charge in [0.1, 0.15) is 11.5 Å². The van der Waals surface area contributed by atoms with Crippen molar-refractivity contribution in [3.63, 3.8) is 0 Å². The first-order chi connectivity index (χ1) is 18.1. The Kier molecular flexibility index (Phi) is 13.4. The number of amides is 2. The van der Waals surface area contributed by atoms with Gasteiger partial charge in [-0.05, 0) is 38.1 Å². The van der Waals surface area contributed by atoms with Crippen molar-refractivity contribution in [2.75, 3.05) is 38.2 Å². The maximum atomic E-state index is 12.5. The summed E-state index contributed by atoms with van der Waals surface area (Å²) in [5.74, 6) is -3.14. The number of halogens is 6. The highest BCUT2D eigenvalue weighted by atomic mass is 19.4. The molecule has 0 aliphatic carbocycles. The second-order valence-corrected chi connectivity index (χ2v) is 8.09. The zero-order valence-electron chi connectivity index (χ0n) is 20.8. The van der Waals surface area contributed by atoms with Gasteiger partial charge in [-0.25, -0.2) is 14.4 Å². The lowest BCUT2D eigenvalue weighted by atomic mass is 10.0. The van der Waals surface area contributed by atoms with Crippen LogP contribution in [0.25, 0.3) is 0 Å². The molecule has 10 nitrogen and oxygen atoms in total. The minimum absolute atomic E-state index is 0.131. The molecule has 1 saturated heterocycles. The number of nitrogens with zero attached hydrogens (tertiary/aromatic N) is 1. The van der Waals surface area contributed by atoms with Crippen molar-refractivity contribution in [2.45, 2.75) is 44.6 Å². The van der Waals surface area contributed by atoms with Gasteiger partial charge in [0.05, 0.1) is 5.69 Å². The molecule has 1 aliphatic heterocycles. The van der Waals surface area contributed by atoms with Crippen LogP contribution >= 0.6 is 0 Å². The molecule has 1 aliphatic rings. The van der Waals surface area contributed by atoms with Gasteiger partial charge in [0.25, 0.3) is 0 Å². The van der Waals surface area contributed by atoms with Crippen molar-refractivity contribution in [3.05, 3.63) is 30.4 Å². The second-order valence-electron chi connectivity index (χ2n) is 8.09. The molecule has 0 spiro atoms. The number of likely N-dealkylation sites (tertiary alicyclic amines) is 1. The van der Waals surface area contributed by atoms with Crippen LogP contribution < -0.4 is 20.1 Å². The summed E-state index contributed by atoms with van der Waals surface area (Å²) in [6.07, 6.45) is -5.11. The highest BCUT2D eigenvalue weighted by molar-refractivity contribution is 5.91. The number of carboxylic acid groups (broad SMARTS) is 2. The average molecular weight is 573 g/mol. The third-order valence-electron chi connectivity index (χ3n) is 5.02. The monoisotopic (exact) mass is 573 g/mol. The van der Waals surface area contributed by atoms with Gasteiger partial charge in [0.2, 0.25) is 0 Å². The SMILES string of the molecule is CCN1CCCCC1CNC(=O)Nc1cc(OCC(F)(F)F)ccc1OCC(F)(F)F.O=C(O)/C=C/C(=O)O. The van der Waals surface area contributed by atoms with Crippen LogP contribution in [0.4, 0.5) is 36.8 Å². The smallest absolute Gasteiger partial charge is 0.422 e. The number of piperidine rings is 1. The summed E-state index contributed by atoms with van der Waals surface area (Å²) in [7, 11) is 0. The van der Waals surface area contributed by atoms with Crippen LogP contribution in [0.15, 0.2) is 30.4 Å².